The van der Waals surface area contributed by atoms with Crippen LogP contribution in [0.2, 0.25) is 0 Å². The third kappa shape index (κ3) is 3.32. The second kappa shape index (κ2) is 7.98. The smallest absolute Gasteiger partial charge is 0.119 e. The zero-order valence-electron chi connectivity index (χ0n) is 16.2. The Morgan fingerprint density at radius 1 is 0.893 bits per heavy atom. The summed E-state index contributed by atoms with van der Waals surface area (Å²) in [5.74, 6) is 1.39. The molecule has 3 heteroatoms. The summed E-state index contributed by atoms with van der Waals surface area (Å²) >= 11 is 0. The van der Waals surface area contributed by atoms with Crippen molar-refractivity contribution in [2.75, 3.05) is 7.11 Å². The molecule has 0 aromatic heterocycles. The third-order valence-corrected chi connectivity index (χ3v) is 6.24. The number of hydrogen-bond acceptors (Lipinski definition) is 2. The van der Waals surface area contributed by atoms with Crippen molar-refractivity contribution in [1.82, 2.24) is 4.90 Å². The predicted octanol–water partition coefficient (Wildman–Crippen LogP) is 5.58. The fraction of sp³-hybridized carbons (Fsp3) is 0.280. The van der Waals surface area contributed by atoms with Gasteiger partial charge < -0.3 is 4.74 Å². The van der Waals surface area contributed by atoms with Gasteiger partial charge in [0.15, 0.2) is 0 Å². The zero-order chi connectivity index (χ0) is 18.2. The average molecular weight is 392 g/mol. The maximum absolute atomic E-state index is 5.56. The second-order valence-electron chi connectivity index (χ2n) is 7.74. The second-order valence-corrected chi connectivity index (χ2v) is 7.74. The van der Waals surface area contributed by atoms with Gasteiger partial charge in [0.25, 0.3) is 0 Å². The molecule has 0 fully saturated rings. The topological polar surface area (TPSA) is 12.5 Å². The summed E-state index contributed by atoms with van der Waals surface area (Å²) in [7, 11) is 1.76. The van der Waals surface area contributed by atoms with Gasteiger partial charge >= 0.3 is 0 Å². The van der Waals surface area contributed by atoms with Gasteiger partial charge in [0, 0.05) is 25.0 Å². The van der Waals surface area contributed by atoms with E-state index in [2.05, 4.69) is 77.7 Å². The number of nitrogens with zero attached hydrogens (tertiary/aromatic N) is 1. The minimum absolute atomic E-state index is 0. The van der Waals surface area contributed by atoms with Crippen LogP contribution in [0, 0.1) is 0 Å². The highest BCUT2D eigenvalue weighted by Gasteiger charge is 2.39. The summed E-state index contributed by atoms with van der Waals surface area (Å²) in [5.41, 5.74) is 7.29. The van der Waals surface area contributed by atoms with E-state index in [0.717, 1.165) is 25.3 Å². The molecule has 2 aliphatic rings. The Bertz CT molecular complexity index is 956. The molecule has 0 N–H and O–H groups in total. The van der Waals surface area contributed by atoms with Crippen molar-refractivity contribution >= 4 is 12.4 Å². The average Bonchev–Trinajstić information content (AvgIpc) is 2.73. The lowest BCUT2D eigenvalue weighted by molar-refractivity contribution is 0.133. The Morgan fingerprint density at radius 2 is 1.68 bits per heavy atom. The van der Waals surface area contributed by atoms with Gasteiger partial charge in [-0.25, -0.2) is 0 Å². The van der Waals surface area contributed by atoms with E-state index in [1.165, 1.54) is 34.2 Å². The van der Waals surface area contributed by atoms with E-state index in [1.54, 1.807) is 7.11 Å². The Morgan fingerprint density at radius 3 is 2.50 bits per heavy atom. The van der Waals surface area contributed by atoms with Crippen molar-refractivity contribution < 1.29 is 4.74 Å². The van der Waals surface area contributed by atoms with Gasteiger partial charge in [0.1, 0.15) is 5.75 Å². The molecule has 0 radical (unpaired) electrons. The van der Waals surface area contributed by atoms with Crippen molar-refractivity contribution in [2.45, 2.75) is 37.9 Å². The van der Waals surface area contributed by atoms with Crippen LogP contribution in [0.15, 0.2) is 72.8 Å². The van der Waals surface area contributed by atoms with Crippen LogP contribution in [-0.2, 0) is 19.5 Å². The minimum Gasteiger partial charge on any atom is -0.497 e. The van der Waals surface area contributed by atoms with Crippen molar-refractivity contribution in [3.05, 3.63) is 101 Å². The monoisotopic (exact) mass is 391 g/mol. The first-order valence-electron chi connectivity index (χ1n) is 9.86. The van der Waals surface area contributed by atoms with Crippen LogP contribution in [0.4, 0.5) is 0 Å². The normalized spacial score (nSPS) is 20.3. The summed E-state index contributed by atoms with van der Waals surface area (Å²) in [6.45, 7) is 2.04. The largest absolute Gasteiger partial charge is 0.497 e. The molecule has 0 saturated carbocycles. The highest BCUT2D eigenvalue weighted by Crippen LogP contribution is 2.45. The number of hydrogen-bond donors (Lipinski definition) is 0. The number of fused-ring (bicyclic) bond motifs is 5. The summed E-state index contributed by atoms with van der Waals surface area (Å²) in [4.78, 5) is 2.69. The third-order valence-electron chi connectivity index (χ3n) is 6.24. The van der Waals surface area contributed by atoms with Crippen LogP contribution in [0.25, 0.3) is 0 Å². The van der Waals surface area contributed by atoms with E-state index in [4.69, 9.17) is 4.74 Å². The van der Waals surface area contributed by atoms with Crippen molar-refractivity contribution in [3.8, 4) is 5.75 Å². The van der Waals surface area contributed by atoms with Crippen molar-refractivity contribution in [3.63, 3.8) is 0 Å². The summed E-state index contributed by atoms with van der Waals surface area (Å²) < 4.78 is 5.56. The molecule has 5 rings (SSSR count). The molecule has 1 heterocycles. The molecule has 1 aliphatic carbocycles. The lowest BCUT2D eigenvalue weighted by Crippen LogP contribution is -2.45. The van der Waals surface area contributed by atoms with Crippen LogP contribution in [-0.4, -0.2) is 18.1 Å². The first kappa shape index (κ1) is 19.0. The van der Waals surface area contributed by atoms with Gasteiger partial charge in [-0.3, -0.25) is 4.90 Å². The molecule has 3 aromatic carbocycles. The Kier molecular flexibility index (Phi) is 5.43. The van der Waals surface area contributed by atoms with E-state index < -0.39 is 0 Å². The van der Waals surface area contributed by atoms with Gasteiger partial charge in [0.2, 0.25) is 0 Å². The highest BCUT2D eigenvalue weighted by molar-refractivity contribution is 5.85. The summed E-state index contributed by atoms with van der Waals surface area (Å²) in [6.07, 6.45) is 2.36. The highest BCUT2D eigenvalue weighted by atomic mass is 35.5. The van der Waals surface area contributed by atoms with Gasteiger partial charge in [-0.1, -0.05) is 60.7 Å². The Hall–Kier alpha value is -2.29. The first-order valence-corrected chi connectivity index (χ1v) is 9.86. The molecule has 0 amide bonds. The number of aryl methyl sites for hydroxylation is 1. The summed E-state index contributed by atoms with van der Waals surface area (Å²) in [6, 6.07) is 27.1. The first-order chi connectivity index (χ1) is 13.3. The van der Waals surface area contributed by atoms with Gasteiger partial charge in [0.05, 0.1) is 7.11 Å². The molecule has 144 valence electrons. The number of halogens is 1. The SMILES string of the molecule is COc1ccc2c(c1)C1c3ccccc3CN(Cc3ccccc3)C1CC2.Cl. The maximum atomic E-state index is 5.56. The number of rotatable bonds is 3. The molecule has 2 atom stereocenters. The molecule has 2 nitrogen and oxygen atoms in total. The molecule has 2 unspecified atom stereocenters. The van der Waals surface area contributed by atoms with Crippen molar-refractivity contribution in [2.24, 2.45) is 0 Å². The fourth-order valence-corrected chi connectivity index (χ4v) is 4.97. The standard InChI is InChI=1S/C25H25NO.ClH/c1-27-21-13-11-19-12-14-24-25(23(19)15-21)22-10-6-5-9-20(22)17-26(24)16-18-7-3-2-4-8-18;/h2-11,13,15,24-25H,12,14,16-17H2,1H3;1H. The van der Waals surface area contributed by atoms with Crippen LogP contribution in [0.1, 0.15) is 40.2 Å². The number of benzene rings is 3. The fourth-order valence-electron chi connectivity index (χ4n) is 4.97. The lowest BCUT2D eigenvalue weighted by Gasteiger charge is -2.46. The molecule has 0 bridgehead atoms. The number of methoxy groups -OCH3 is 1. The van der Waals surface area contributed by atoms with Gasteiger partial charge in [-0.15, -0.1) is 12.4 Å². The molecule has 0 saturated heterocycles. The van der Waals surface area contributed by atoms with Crippen LogP contribution >= 0.6 is 12.4 Å². The number of ether oxygens (including phenoxy) is 1. The molecule has 28 heavy (non-hydrogen) atoms. The van der Waals surface area contributed by atoms with E-state index in [1.807, 2.05) is 0 Å². The predicted molar refractivity (Wildman–Crippen MR) is 116 cm³/mol. The van der Waals surface area contributed by atoms with E-state index in [-0.39, 0.29) is 12.4 Å². The Labute approximate surface area is 173 Å². The van der Waals surface area contributed by atoms with E-state index in [0.29, 0.717) is 12.0 Å². The minimum atomic E-state index is 0. The lowest BCUT2D eigenvalue weighted by atomic mass is 9.71. The molecular weight excluding hydrogens is 366 g/mol. The molecule has 1 aliphatic heterocycles. The van der Waals surface area contributed by atoms with E-state index in [9.17, 15) is 0 Å². The molecule has 3 aromatic rings. The van der Waals surface area contributed by atoms with Gasteiger partial charge in [-0.05, 0) is 52.8 Å². The van der Waals surface area contributed by atoms with Gasteiger partial charge in [-0.2, -0.15) is 0 Å². The Balaban J connectivity index is 0.00000192. The van der Waals surface area contributed by atoms with Crippen LogP contribution < -0.4 is 4.74 Å². The van der Waals surface area contributed by atoms with Crippen molar-refractivity contribution in [1.29, 1.82) is 0 Å². The molecular formula is C25H26ClNO. The summed E-state index contributed by atoms with van der Waals surface area (Å²) in [5, 5.41) is 0. The van der Waals surface area contributed by atoms with E-state index >= 15 is 0 Å². The van der Waals surface area contributed by atoms with Crippen LogP contribution in [0.3, 0.4) is 0 Å². The quantitative estimate of drug-likeness (QED) is 0.577. The zero-order valence-corrected chi connectivity index (χ0v) is 17.0. The van der Waals surface area contributed by atoms with Crippen LogP contribution in [0.5, 0.6) is 5.75 Å². The molecule has 0 spiro atoms. The maximum Gasteiger partial charge on any atom is 0.119 e.